The van der Waals surface area contributed by atoms with Crippen LogP contribution in [0.1, 0.15) is 39.7 Å². The lowest BCUT2D eigenvalue weighted by Gasteiger charge is -2.07. The number of aliphatic carboxylic acids is 1. The highest BCUT2D eigenvalue weighted by molar-refractivity contribution is 5.72. The SMILES string of the molecule is CC.CC1CC(C(=O)O)OC1C.Fc1cccc(OCc2ccccc2)c1F. The van der Waals surface area contributed by atoms with Gasteiger partial charge < -0.3 is 14.6 Å². The lowest BCUT2D eigenvalue weighted by Crippen LogP contribution is -2.19. The van der Waals surface area contributed by atoms with E-state index in [0.29, 0.717) is 12.3 Å². The van der Waals surface area contributed by atoms with Crippen LogP contribution in [0.5, 0.6) is 5.75 Å². The van der Waals surface area contributed by atoms with E-state index in [1.54, 1.807) is 0 Å². The number of rotatable bonds is 4. The minimum atomic E-state index is -0.946. The second-order valence-electron chi connectivity index (χ2n) is 6.21. The Morgan fingerprint density at radius 1 is 1.11 bits per heavy atom. The van der Waals surface area contributed by atoms with Gasteiger partial charge in [0.15, 0.2) is 17.7 Å². The molecule has 0 spiro atoms. The Morgan fingerprint density at radius 3 is 2.25 bits per heavy atom. The first-order valence-corrected chi connectivity index (χ1v) is 9.37. The normalized spacial score (nSPS) is 20.3. The fourth-order valence-corrected chi connectivity index (χ4v) is 2.47. The van der Waals surface area contributed by atoms with E-state index in [9.17, 15) is 13.6 Å². The van der Waals surface area contributed by atoms with Crippen molar-refractivity contribution in [2.24, 2.45) is 5.92 Å². The van der Waals surface area contributed by atoms with Gasteiger partial charge in [-0.25, -0.2) is 9.18 Å². The lowest BCUT2D eigenvalue weighted by molar-refractivity contribution is -0.149. The maximum absolute atomic E-state index is 13.2. The average Bonchev–Trinajstić information content (AvgIpc) is 3.05. The van der Waals surface area contributed by atoms with Crippen LogP contribution in [0.2, 0.25) is 0 Å². The minimum absolute atomic E-state index is 0.0659. The molecule has 3 atom stereocenters. The summed E-state index contributed by atoms with van der Waals surface area (Å²) >= 11 is 0. The third-order valence-corrected chi connectivity index (χ3v) is 4.19. The molecule has 2 aromatic carbocycles. The number of halogens is 2. The average molecular weight is 394 g/mol. The van der Waals surface area contributed by atoms with E-state index in [4.69, 9.17) is 14.6 Å². The van der Waals surface area contributed by atoms with Gasteiger partial charge in [-0.1, -0.05) is 57.2 Å². The van der Waals surface area contributed by atoms with Gasteiger partial charge in [0.1, 0.15) is 6.61 Å². The molecule has 1 N–H and O–H groups in total. The molecule has 4 nitrogen and oxygen atoms in total. The van der Waals surface area contributed by atoms with Crippen LogP contribution in [-0.2, 0) is 16.1 Å². The zero-order valence-electron chi connectivity index (χ0n) is 16.7. The van der Waals surface area contributed by atoms with Crippen LogP contribution in [0.4, 0.5) is 8.78 Å². The Balaban J connectivity index is 0.000000281. The van der Waals surface area contributed by atoms with Crippen molar-refractivity contribution in [1.29, 1.82) is 0 Å². The topological polar surface area (TPSA) is 55.8 Å². The molecule has 0 aliphatic carbocycles. The highest BCUT2D eigenvalue weighted by Gasteiger charge is 2.33. The van der Waals surface area contributed by atoms with E-state index >= 15 is 0 Å². The van der Waals surface area contributed by atoms with Crippen molar-refractivity contribution in [3.05, 3.63) is 65.7 Å². The molecule has 3 unspecified atom stereocenters. The largest absolute Gasteiger partial charge is 0.486 e. The Hall–Kier alpha value is -2.47. The van der Waals surface area contributed by atoms with Crippen LogP contribution in [0.15, 0.2) is 48.5 Å². The smallest absolute Gasteiger partial charge is 0.332 e. The van der Waals surface area contributed by atoms with Gasteiger partial charge >= 0.3 is 5.97 Å². The van der Waals surface area contributed by atoms with Crippen LogP contribution >= 0.6 is 0 Å². The van der Waals surface area contributed by atoms with Gasteiger partial charge in [-0.15, -0.1) is 0 Å². The maximum atomic E-state index is 13.2. The number of carbonyl (C=O) groups is 1. The van der Waals surface area contributed by atoms with E-state index in [2.05, 4.69) is 0 Å². The van der Waals surface area contributed by atoms with Crippen molar-refractivity contribution >= 4 is 5.97 Å². The van der Waals surface area contributed by atoms with Crippen molar-refractivity contribution in [2.45, 2.75) is 52.9 Å². The third-order valence-electron chi connectivity index (χ3n) is 4.19. The molecule has 0 amide bonds. The van der Waals surface area contributed by atoms with Crippen LogP contribution in [0.3, 0.4) is 0 Å². The van der Waals surface area contributed by atoms with Crippen molar-refractivity contribution in [3.63, 3.8) is 0 Å². The van der Waals surface area contributed by atoms with Gasteiger partial charge in [-0.3, -0.25) is 0 Å². The van der Waals surface area contributed by atoms with Crippen LogP contribution in [0.25, 0.3) is 0 Å². The molecule has 1 fully saturated rings. The Kier molecular flexibility index (Phi) is 10.2. The molecular weight excluding hydrogens is 366 g/mol. The Bertz CT molecular complexity index is 712. The van der Waals surface area contributed by atoms with Crippen LogP contribution in [0, 0.1) is 17.6 Å². The molecule has 6 heteroatoms. The summed E-state index contributed by atoms with van der Waals surface area (Å²) in [5, 5.41) is 8.52. The quantitative estimate of drug-likeness (QED) is 0.749. The second-order valence-corrected chi connectivity index (χ2v) is 6.21. The van der Waals surface area contributed by atoms with Gasteiger partial charge in [0, 0.05) is 0 Å². The summed E-state index contributed by atoms with van der Waals surface area (Å²) in [7, 11) is 0. The summed E-state index contributed by atoms with van der Waals surface area (Å²) in [5.41, 5.74) is 0.908. The van der Waals surface area contributed by atoms with E-state index in [1.165, 1.54) is 12.1 Å². The van der Waals surface area contributed by atoms with Gasteiger partial charge in [-0.05, 0) is 37.0 Å². The van der Waals surface area contributed by atoms with E-state index < -0.39 is 23.7 Å². The number of hydrogen-bond acceptors (Lipinski definition) is 3. The Labute approximate surface area is 165 Å². The molecular formula is C22H28F2O4. The third kappa shape index (κ3) is 7.27. The van der Waals surface area contributed by atoms with Gasteiger partial charge in [0.25, 0.3) is 0 Å². The molecule has 1 aliphatic rings. The van der Waals surface area contributed by atoms with Crippen molar-refractivity contribution in [3.8, 4) is 5.75 Å². The molecule has 3 rings (SSSR count). The van der Waals surface area contributed by atoms with Crippen LogP contribution < -0.4 is 4.74 Å². The standard InChI is InChI=1S/C13H10F2O.C7H12O3.C2H6/c14-11-7-4-8-12(13(11)15)16-9-10-5-2-1-3-6-10;1-4-3-6(7(8)9)10-5(4)2;1-2/h1-8H,9H2;4-6H,3H2,1-2H3,(H,8,9);1-2H3. The molecule has 1 heterocycles. The van der Waals surface area contributed by atoms with Crippen molar-refractivity contribution in [2.75, 3.05) is 0 Å². The van der Waals surface area contributed by atoms with E-state index in [-0.39, 0.29) is 18.5 Å². The van der Waals surface area contributed by atoms with Crippen molar-refractivity contribution in [1.82, 2.24) is 0 Å². The molecule has 0 bridgehead atoms. The molecule has 0 radical (unpaired) electrons. The first-order valence-electron chi connectivity index (χ1n) is 9.37. The Morgan fingerprint density at radius 2 is 1.75 bits per heavy atom. The fraction of sp³-hybridized carbons (Fsp3) is 0.409. The monoisotopic (exact) mass is 394 g/mol. The summed E-state index contributed by atoms with van der Waals surface area (Å²) < 4.78 is 36.4. The number of benzene rings is 2. The second kappa shape index (κ2) is 12.1. The molecule has 154 valence electrons. The molecule has 0 aromatic heterocycles. The zero-order valence-corrected chi connectivity index (χ0v) is 16.7. The number of carboxylic acid groups (broad SMARTS) is 1. The summed E-state index contributed by atoms with van der Waals surface area (Å²) in [6.07, 6.45) is 0.183. The maximum Gasteiger partial charge on any atom is 0.332 e. The summed E-state index contributed by atoms with van der Waals surface area (Å²) in [4.78, 5) is 10.4. The van der Waals surface area contributed by atoms with Crippen LogP contribution in [-0.4, -0.2) is 23.3 Å². The summed E-state index contributed by atoms with van der Waals surface area (Å²) in [5.74, 6) is -2.37. The predicted molar refractivity (Wildman–Crippen MR) is 104 cm³/mol. The highest BCUT2D eigenvalue weighted by Crippen LogP contribution is 2.25. The fourth-order valence-electron chi connectivity index (χ4n) is 2.47. The van der Waals surface area contributed by atoms with E-state index in [0.717, 1.165) is 11.6 Å². The summed E-state index contributed by atoms with van der Waals surface area (Å²) in [6.45, 7) is 8.14. The van der Waals surface area contributed by atoms with E-state index in [1.807, 2.05) is 58.0 Å². The first kappa shape index (κ1) is 23.6. The molecule has 1 saturated heterocycles. The van der Waals surface area contributed by atoms with Gasteiger partial charge in [0.05, 0.1) is 6.10 Å². The molecule has 1 aliphatic heterocycles. The van der Waals surface area contributed by atoms with Gasteiger partial charge in [-0.2, -0.15) is 4.39 Å². The highest BCUT2D eigenvalue weighted by atomic mass is 19.2. The zero-order chi connectivity index (χ0) is 21.1. The summed E-state index contributed by atoms with van der Waals surface area (Å²) in [6, 6.07) is 13.2. The van der Waals surface area contributed by atoms with Gasteiger partial charge in [0.2, 0.25) is 5.82 Å². The van der Waals surface area contributed by atoms with Crippen molar-refractivity contribution < 1.29 is 28.2 Å². The molecule has 2 aromatic rings. The molecule has 28 heavy (non-hydrogen) atoms. The molecule has 0 saturated carbocycles. The first-order chi connectivity index (χ1) is 13.4. The number of ether oxygens (including phenoxy) is 2. The number of hydrogen-bond donors (Lipinski definition) is 1. The minimum Gasteiger partial charge on any atom is -0.486 e. The predicted octanol–water partition coefficient (Wildman–Crippen LogP) is 5.45. The lowest BCUT2D eigenvalue weighted by atomic mass is 10.0. The number of carboxylic acids is 1.